The number of aromatic nitrogens is 4. The summed E-state index contributed by atoms with van der Waals surface area (Å²) < 4.78 is 13.0. The first-order valence-corrected chi connectivity index (χ1v) is 7.89. The molecule has 1 aliphatic rings. The fraction of sp³-hybridized carbons (Fsp3) is 0.353. The average molecular weight is 325 g/mol. The summed E-state index contributed by atoms with van der Waals surface area (Å²) in [5.41, 5.74) is 3.19. The molecule has 0 radical (unpaired) electrons. The first-order chi connectivity index (χ1) is 11.7. The summed E-state index contributed by atoms with van der Waals surface area (Å²) in [6.07, 6.45) is 1.54. The van der Waals surface area contributed by atoms with Crippen molar-refractivity contribution in [2.75, 3.05) is 25.2 Å². The highest BCUT2D eigenvalue weighted by Gasteiger charge is 2.22. The predicted octanol–water partition coefficient (Wildman–Crippen LogP) is 2.15. The van der Waals surface area contributed by atoms with Crippen LogP contribution < -0.4 is 14.4 Å². The third kappa shape index (κ3) is 2.33. The van der Waals surface area contributed by atoms with Crippen LogP contribution in [0.3, 0.4) is 0 Å². The zero-order valence-corrected chi connectivity index (χ0v) is 14.0. The van der Waals surface area contributed by atoms with E-state index in [1.807, 2.05) is 19.1 Å². The van der Waals surface area contributed by atoms with Crippen LogP contribution in [-0.4, -0.2) is 39.8 Å². The quantitative estimate of drug-likeness (QED) is 0.719. The second kappa shape index (κ2) is 5.67. The molecule has 0 amide bonds. The van der Waals surface area contributed by atoms with Crippen molar-refractivity contribution in [3.63, 3.8) is 0 Å². The normalized spacial score (nSPS) is 14.2. The molecule has 0 fully saturated rings. The molecule has 0 atom stereocenters. The van der Waals surface area contributed by atoms with Gasteiger partial charge in [0.15, 0.2) is 0 Å². The van der Waals surface area contributed by atoms with Crippen LogP contribution in [0.4, 0.5) is 5.82 Å². The molecule has 0 N–H and O–H groups in total. The van der Waals surface area contributed by atoms with E-state index in [1.54, 1.807) is 11.6 Å². The lowest BCUT2D eigenvalue weighted by Crippen LogP contribution is -2.28. The van der Waals surface area contributed by atoms with Crippen LogP contribution in [0.15, 0.2) is 24.5 Å². The van der Waals surface area contributed by atoms with Crippen molar-refractivity contribution in [1.82, 2.24) is 19.6 Å². The fourth-order valence-electron chi connectivity index (χ4n) is 3.04. The van der Waals surface area contributed by atoms with Gasteiger partial charge in [-0.25, -0.2) is 4.98 Å². The van der Waals surface area contributed by atoms with Gasteiger partial charge in [0.25, 0.3) is 5.78 Å². The van der Waals surface area contributed by atoms with Crippen molar-refractivity contribution in [2.45, 2.75) is 20.4 Å². The standard InChI is InChI=1S/C17H19N5O2/c1-11-12(2)20-17-18-10-19-22(17)16(11)21-6-7-24-15-8-14(23-3)5-4-13(15)9-21/h4-5,8,10H,6-7,9H2,1-3H3. The maximum absolute atomic E-state index is 5.92. The molecular formula is C17H19N5O2. The van der Waals surface area contributed by atoms with Gasteiger partial charge in [0, 0.05) is 29.4 Å². The Labute approximate surface area is 139 Å². The Bertz CT molecular complexity index is 905. The fourth-order valence-corrected chi connectivity index (χ4v) is 3.04. The van der Waals surface area contributed by atoms with Gasteiger partial charge in [-0.1, -0.05) is 0 Å². The minimum Gasteiger partial charge on any atom is -0.497 e. The molecule has 2 aromatic heterocycles. The molecule has 0 saturated carbocycles. The summed E-state index contributed by atoms with van der Waals surface area (Å²) in [4.78, 5) is 11.0. The summed E-state index contributed by atoms with van der Waals surface area (Å²) >= 11 is 0. The van der Waals surface area contributed by atoms with Crippen LogP contribution >= 0.6 is 0 Å². The first-order valence-electron chi connectivity index (χ1n) is 7.89. The van der Waals surface area contributed by atoms with E-state index in [0.29, 0.717) is 12.4 Å². The van der Waals surface area contributed by atoms with Gasteiger partial charge in [-0.2, -0.15) is 14.6 Å². The van der Waals surface area contributed by atoms with E-state index in [1.165, 1.54) is 6.33 Å². The van der Waals surface area contributed by atoms with Crippen LogP contribution in [0.2, 0.25) is 0 Å². The summed E-state index contributed by atoms with van der Waals surface area (Å²) in [6, 6.07) is 5.95. The highest BCUT2D eigenvalue weighted by Crippen LogP contribution is 2.31. The summed E-state index contributed by atoms with van der Waals surface area (Å²) in [5.74, 6) is 3.31. The van der Waals surface area contributed by atoms with Gasteiger partial charge >= 0.3 is 0 Å². The van der Waals surface area contributed by atoms with Gasteiger partial charge in [0.2, 0.25) is 0 Å². The number of ether oxygens (including phenoxy) is 2. The lowest BCUT2D eigenvalue weighted by molar-refractivity contribution is 0.328. The van der Waals surface area contributed by atoms with Crippen LogP contribution in [0, 0.1) is 13.8 Å². The van der Waals surface area contributed by atoms with Gasteiger partial charge < -0.3 is 14.4 Å². The number of methoxy groups -OCH3 is 1. The van der Waals surface area contributed by atoms with Gasteiger partial charge in [0.05, 0.1) is 13.7 Å². The summed E-state index contributed by atoms with van der Waals surface area (Å²) in [7, 11) is 1.66. The van der Waals surface area contributed by atoms with Crippen LogP contribution in [0.5, 0.6) is 11.5 Å². The van der Waals surface area contributed by atoms with Crippen LogP contribution in [-0.2, 0) is 6.54 Å². The summed E-state index contributed by atoms with van der Waals surface area (Å²) in [5, 5.41) is 4.35. The predicted molar refractivity (Wildman–Crippen MR) is 89.8 cm³/mol. The second-order valence-corrected chi connectivity index (χ2v) is 5.86. The SMILES string of the molecule is COc1ccc2c(c1)OCCN(c1c(C)c(C)nc3ncnn13)C2. The van der Waals surface area contributed by atoms with Crippen LogP contribution in [0.1, 0.15) is 16.8 Å². The molecule has 1 aliphatic heterocycles. The highest BCUT2D eigenvalue weighted by molar-refractivity contribution is 5.55. The van der Waals surface area contributed by atoms with E-state index in [-0.39, 0.29) is 0 Å². The Morgan fingerprint density at radius 2 is 2.12 bits per heavy atom. The Hall–Kier alpha value is -2.83. The zero-order valence-electron chi connectivity index (χ0n) is 14.0. The smallest absolute Gasteiger partial charge is 0.254 e. The molecule has 3 heterocycles. The maximum Gasteiger partial charge on any atom is 0.254 e. The van der Waals surface area contributed by atoms with Gasteiger partial charge in [-0.15, -0.1) is 0 Å². The molecule has 0 aliphatic carbocycles. The van der Waals surface area contributed by atoms with E-state index >= 15 is 0 Å². The topological polar surface area (TPSA) is 64.8 Å². The molecule has 7 heteroatoms. The van der Waals surface area contributed by atoms with Crippen molar-refractivity contribution < 1.29 is 9.47 Å². The van der Waals surface area contributed by atoms with E-state index < -0.39 is 0 Å². The average Bonchev–Trinajstić information content (AvgIpc) is 2.93. The van der Waals surface area contributed by atoms with Crippen LogP contribution in [0.25, 0.3) is 5.78 Å². The van der Waals surface area contributed by atoms with Gasteiger partial charge in [-0.3, -0.25) is 0 Å². The number of hydrogen-bond acceptors (Lipinski definition) is 6. The minimum atomic E-state index is 0.594. The Kier molecular flexibility index (Phi) is 3.48. The number of rotatable bonds is 2. The first kappa shape index (κ1) is 14.7. The lowest BCUT2D eigenvalue weighted by Gasteiger charge is -2.24. The molecule has 124 valence electrons. The Morgan fingerprint density at radius 1 is 1.25 bits per heavy atom. The Morgan fingerprint density at radius 3 is 2.96 bits per heavy atom. The minimum absolute atomic E-state index is 0.594. The van der Waals surface area contributed by atoms with Crippen molar-refractivity contribution in [3.8, 4) is 11.5 Å². The highest BCUT2D eigenvalue weighted by atomic mass is 16.5. The molecule has 3 aromatic rings. The molecule has 24 heavy (non-hydrogen) atoms. The van der Waals surface area contributed by atoms with E-state index in [2.05, 4.69) is 33.0 Å². The van der Waals surface area contributed by atoms with E-state index in [0.717, 1.165) is 47.2 Å². The number of anilines is 1. The second-order valence-electron chi connectivity index (χ2n) is 5.86. The number of hydrogen-bond donors (Lipinski definition) is 0. The lowest BCUT2D eigenvalue weighted by atomic mass is 10.1. The molecule has 4 rings (SSSR count). The third-order valence-corrected chi connectivity index (χ3v) is 4.43. The number of fused-ring (bicyclic) bond motifs is 2. The molecule has 7 nitrogen and oxygen atoms in total. The molecule has 1 aromatic carbocycles. The van der Waals surface area contributed by atoms with E-state index in [9.17, 15) is 0 Å². The number of benzene rings is 1. The largest absolute Gasteiger partial charge is 0.497 e. The monoisotopic (exact) mass is 325 g/mol. The molecule has 0 saturated heterocycles. The molecule has 0 spiro atoms. The van der Waals surface area contributed by atoms with Gasteiger partial charge in [0.1, 0.15) is 30.3 Å². The number of aryl methyl sites for hydroxylation is 1. The molecular weight excluding hydrogens is 306 g/mol. The van der Waals surface area contributed by atoms with E-state index in [4.69, 9.17) is 9.47 Å². The Balaban J connectivity index is 1.80. The van der Waals surface area contributed by atoms with Crippen molar-refractivity contribution >= 4 is 11.6 Å². The maximum atomic E-state index is 5.92. The molecule has 0 unspecified atom stereocenters. The zero-order chi connectivity index (χ0) is 16.7. The van der Waals surface area contributed by atoms with Crippen molar-refractivity contribution in [1.29, 1.82) is 0 Å². The van der Waals surface area contributed by atoms with Crippen molar-refractivity contribution in [3.05, 3.63) is 41.3 Å². The number of nitrogens with zero attached hydrogens (tertiary/aromatic N) is 5. The third-order valence-electron chi connectivity index (χ3n) is 4.43. The molecule has 0 bridgehead atoms. The summed E-state index contributed by atoms with van der Waals surface area (Å²) in [6.45, 7) is 6.16. The van der Waals surface area contributed by atoms with Crippen molar-refractivity contribution in [2.24, 2.45) is 0 Å². The van der Waals surface area contributed by atoms with Gasteiger partial charge in [-0.05, 0) is 26.0 Å².